The van der Waals surface area contributed by atoms with Crippen molar-refractivity contribution in [2.75, 3.05) is 20.3 Å². The number of hydrogen-bond acceptors (Lipinski definition) is 4. The fraction of sp³-hybridized carbons (Fsp3) is 0.364. The molecule has 0 N–H and O–H groups in total. The van der Waals surface area contributed by atoms with E-state index in [1.807, 2.05) is 47.4 Å². The van der Waals surface area contributed by atoms with Crippen molar-refractivity contribution >= 4 is 16.9 Å². The highest BCUT2D eigenvalue weighted by Crippen LogP contribution is 2.33. The van der Waals surface area contributed by atoms with E-state index in [-0.39, 0.29) is 11.9 Å². The van der Waals surface area contributed by atoms with Crippen molar-refractivity contribution in [3.8, 4) is 11.5 Å². The number of ether oxygens (including phenoxy) is 2. The zero-order valence-electron chi connectivity index (χ0n) is 16.3. The number of carbonyl (C=O) groups is 1. The molecule has 0 saturated carbocycles. The highest BCUT2D eigenvalue weighted by atomic mass is 16.5. The Balaban J connectivity index is 1.57. The second-order valence-corrected chi connectivity index (χ2v) is 7.00. The number of carbonyl (C=O) groups excluding carboxylic acids is 1. The Morgan fingerprint density at radius 1 is 1.14 bits per heavy atom. The SMILES string of the molecule is COc1ccc(OCCn2c([C@H]3CCCN3C(C)=O)nc3ccccc32)cc1. The largest absolute Gasteiger partial charge is 0.497 e. The summed E-state index contributed by atoms with van der Waals surface area (Å²) in [5, 5.41) is 0. The first-order valence-corrected chi connectivity index (χ1v) is 9.66. The zero-order valence-corrected chi connectivity index (χ0v) is 16.3. The number of amides is 1. The van der Waals surface area contributed by atoms with E-state index in [0.717, 1.165) is 47.7 Å². The Kier molecular flexibility index (Phi) is 5.19. The number of benzene rings is 2. The van der Waals surface area contributed by atoms with E-state index in [9.17, 15) is 4.79 Å². The lowest BCUT2D eigenvalue weighted by Crippen LogP contribution is -2.30. The topological polar surface area (TPSA) is 56.6 Å². The molecule has 0 unspecified atom stereocenters. The van der Waals surface area contributed by atoms with Gasteiger partial charge in [0.25, 0.3) is 0 Å². The van der Waals surface area contributed by atoms with Crippen molar-refractivity contribution in [3.05, 3.63) is 54.4 Å². The van der Waals surface area contributed by atoms with Crippen LogP contribution in [0.4, 0.5) is 0 Å². The van der Waals surface area contributed by atoms with Crippen LogP contribution in [0.5, 0.6) is 11.5 Å². The fourth-order valence-corrected chi connectivity index (χ4v) is 3.92. The van der Waals surface area contributed by atoms with Crippen molar-refractivity contribution in [1.29, 1.82) is 0 Å². The van der Waals surface area contributed by atoms with Gasteiger partial charge in [0, 0.05) is 13.5 Å². The van der Waals surface area contributed by atoms with E-state index in [0.29, 0.717) is 13.2 Å². The molecule has 3 aromatic rings. The first-order valence-electron chi connectivity index (χ1n) is 9.66. The van der Waals surface area contributed by atoms with Crippen molar-refractivity contribution < 1.29 is 14.3 Å². The molecule has 28 heavy (non-hydrogen) atoms. The van der Waals surface area contributed by atoms with Crippen LogP contribution >= 0.6 is 0 Å². The third kappa shape index (κ3) is 3.54. The molecule has 1 atom stereocenters. The molecule has 0 aliphatic carbocycles. The first-order chi connectivity index (χ1) is 13.7. The number of rotatable bonds is 6. The first kappa shape index (κ1) is 18.3. The van der Waals surface area contributed by atoms with E-state index in [4.69, 9.17) is 14.5 Å². The van der Waals surface area contributed by atoms with Gasteiger partial charge in [0.15, 0.2) is 0 Å². The molecule has 6 heteroatoms. The minimum absolute atomic E-state index is 0.0332. The number of hydrogen-bond donors (Lipinski definition) is 0. The molecule has 4 rings (SSSR count). The number of fused-ring (bicyclic) bond motifs is 1. The molecule has 1 fully saturated rings. The summed E-state index contributed by atoms with van der Waals surface area (Å²) < 4.78 is 13.3. The molecular weight excluding hydrogens is 354 g/mol. The van der Waals surface area contributed by atoms with Crippen LogP contribution in [0.15, 0.2) is 48.5 Å². The van der Waals surface area contributed by atoms with Gasteiger partial charge in [0.05, 0.1) is 30.7 Å². The Morgan fingerprint density at radius 2 is 1.89 bits per heavy atom. The number of para-hydroxylation sites is 2. The predicted molar refractivity (Wildman–Crippen MR) is 108 cm³/mol. The summed E-state index contributed by atoms with van der Waals surface area (Å²) in [5.74, 6) is 2.67. The van der Waals surface area contributed by atoms with Crippen LogP contribution in [0.25, 0.3) is 11.0 Å². The number of nitrogens with zero attached hydrogens (tertiary/aromatic N) is 3. The molecule has 1 aliphatic heterocycles. The van der Waals surface area contributed by atoms with E-state index >= 15 is 0 Å². The van der Waals surface area contributed by atoms with Gasteiger partial charge in [-0.15, -0.1) is 0 Å². The lowest BCUT2D eigenvalue weighted by Gasteiger charge is -2.24. The molecule has 1 aliphatic rings. The van der Waals surface area contributed by atoms with Crippen LogP contribution in [0, 0.1) is 0 Å². The van der Waals surface area contributed by atoms with E-state index < -0.39 is 0 Å². The van der Waals surface area contributed by atoms with Crippen LogP contribution < -0.4 is 9.47 Å². The molecular formula is C22H25N3O3. The van der Waals surface area contributed by atoms with Gasteiger partial charge in [-0.3, -0.25) is 4.79 Å². The third-order valence-corrected chi connectivity index (χ3v) is 5.28. The molecule has 1 aromatic heterocycles. The summed E-state index contributed by atoms with van der Waals surface area (Å²) in [7, 11) is 1.65. The maximum Gasteiger partial charge on any atom is 0.220 e. The van der Waals surface area contributed by atoms with Crippen LogP contribution in [0.1, 0.15) is 31.6 Å². The second-order valence-electron chi connectivity index (χ2n) is 7.00. The molecule has 1 amide bonds. The van der Waals surface area contributed by atoms with Gasteiger partial charge in [-0.2, -0.15) is 0 Å². The summed E-state index contributed by atoms with van der Waals surface area (Å²) in [6.45, 7) is 3.63. The molecule has 2 aromatic carbocycles. The third-order valence-electron chi connectivity index (χ3n) is 5.28. The van der Waals surface area contributed by atoms with Gasteiger partial charge in [0.2, 0.25) is 5.91 Å². The minimum atomic E-state index is 0.0332. The molecule has 1 saturated heterocycles. The van der Waals surface area contributed by atoms with Crippen molar-refractivity contribution in [2.45, 2.75) is 32.4 Å². The van der Waals surface area contributed by atoms with Crippen LogP contribution in [0.2, 0.25) is 0 Å². The van der Waals surface area contributed by atoms with E-state index in [2.05, 4.69) is 10.6 Å². The molecule has 2 heterocycles. The summed E-state index contributed by atoms with van der Waals surface area (Å²) in [6.07, 6.45) is 1.96. The van der Waals surface area contributed by atoms with Crippen molar-refractivity contribution in [3.63, 3.8) is 0 Å². The quantitative estimate of drug-likeness (QED) is 0.654. The maximum absolute atomic E-state index is 12.1. The normalized spacial score (nSPS) is 16.5. The highest BCUT2D eigenvalue weighted by molar-refractivity contribution is 5.77. The van der Waals surface area contributed by atoms with Crippen LogP contribution in [0.3, 0.4) is 0 Å². The van der Waals surface area contributed by atoms with Gasteiger partial charge < -0.3 is 18.9 Å². The monoisotopic (exact) mass is 379 g/mol. The summed E-state index contributed by atoms with van der Waals surface area (Å²) in [4.78, 5) is 18.9. The van der Waals surface area contributed by atoms with E-state index in [1.54, 1.807) is 14.0 Å². The van der Waals surface area contributed by atoms with Gasteiger partial charge in [-0.25, -0.2) is 4.98 Å². The summed E-state index contributed by atoms with van der Waals surface area (Å²) >= 11 is 0. The Morgan fingerprint density at radius 3 is 2.64 bits per heavy atom. The number of likely N-dealkylation sites (tertiary alicyclic amines) is 1. The van der Waals surface area contributed by atoms with Crippen molar-refractivity contribution in [1.82, 2.24) is 14.5 Å². The van der Waals surface area contributed by atoms with Gasteiger partial charge >= 0.3 is 0 Å². The molecule has 0 radical (unpaired) electrons. The molecule has 0 bridgehead atoms. The summed E-state index contributed by atoms with van der Waals surface area (Å²) in [6, 6.07) is 15.7. The Hall–Kier alpha value is -3.02. The van der Waals surface area contributed by atoms with Crippen LogP contribution in [-0.2, 0) is 11.3 Å². The smallest absolute Gasteiger partial charge is 0.220 e. The lowest BCUT2D eigenvalue weighted by molar-refractivity contribution is -0.129. The number of methoxy groups -OCH3 is 1. The molecule has 146 valence electrons. The summed E-state index contributed by atoms with van der Waals surface area (Å²) in [5.41, 5.74) is 2.03. The molecule has 0 spiro atoms. The van der Waals surface area contributed by atoms with Gasteiger partial charge in [0.1, 0.15) is 23.9 Å². The van der Waals surface area contributed by atoms with Gasteiger partial charge in [-0.05, 0) is 49.2 Å². The average Bonchev–Trinajstić information content (AvgIpc) is 3.33. The number of aromatic nitrogens is 2. The fourth-order valence-electron chi connectivity index (χ4n) is 3.92. The van der Waals surface area contributed by atoms with Crippen LogP contribution in [-0.4, -0.2) is 40.6 Å². The number of imidazole rings is 1. The molecule has 6 nitrogen and oxygen atoms in total. The van der Waals surface area contributed by atoms with Crippen molar-refractivity contribution in [2.24, 2.45) is 0 Å². The Labute approximate surface area is 164 Å². The predicted octanol–water partition coefficient (Wildman–Crippen LogP) is 3.81. The highest BCUT2D eigenvalue weighted by Gasteiger charge is 2.32. The maximum atomic E-state index is 12.1. The average molecular weight is 379 g/mol. The van der Waals surface area contributed by atoms with Gasteiger partial charge in [-0.1, -0.05) is 12.1 Å². The Bertz CT molecular complexity index is 965. The standard InChI is InChI=1S/C22H25N3O3/c1-16(26)24-13-5-8-21(24)22-23-19-6-3-4-7-20(19)25(22)14-15-28-18-11-9-17(27-2)10-12-18/h3-4,6-7,9-12,21H,5,8,13-15H2,1-2H3/t21-/m1/s1. The van der Waals surface area contributed by atoms with E-state index in [1.165, 1.54) is 0 Å². The minimum Gasteiger partial charge on any atom is -0.497 e. The lowest BCUT2D eigenvalue weighted by atomic mass is 10.2. The zero-order chi connectivity index (χ0) is 19.5. The second kappa shape index (κ2) is 7.92.